The van der Waals surface area contributed by atoms with Crippen LogP contribution in [-0.4, -0.2) is 42.2 Å². The van der Waals surface area contributed by atoms with E-state index in [9.17, 15) is 4.39 Å². The van der Waals surface area contributed by atoms with Gasteiger partial charge in [0.05, 0.1) is 6.20 Å². The SMILES string of the molecule is CC(C)NCc1cc(F)cnc1OCC1CCCCN1C. The Hall–Kier alpha value is -1.20. The van der Waals surface area contributed by atoms with Crippen LogP contribution in [0.15, 0.2) is 12.3 Å². The highest BCUT2D eigenvalue weighted by Gasteiger charge is 2.20. The summed E-state index contributed by atoms with van der Waals surface area (Å²) < 4.78 is 19.2. The number of pyridine rings is 1. The van der Waals surface area contributed by atoms with E-state index < -0.39 is 0 Å². The molecule has 118 valence electrons. The Morgan fingerprint density at radius 2 is 2.29 bits per heavy atom. The molecule has 1 saturated heterocycles. The molecule has 0 saturated carbocycles. The average molecular weight is 295 g/mol. The van der Waals surface area contributed by atoms with E-state index in [2.05, 4.69) is 36.1 Å². The molecule has 1 N–H and O–H groups in total. The molecule has 1 unspecified atom stereocenters. The van der Waals surface area contributed by atoms with E-state index in [4.69, 9.17) is 4.74 Å². The zero-order valence-electron chi connectivity index (χ0n) is 13.2. The first-order valence-corrected chi connectivity index (χ1v) is 7.77. The average Bonchev–Trinajstić information content (AvgIpc) is 2.45. The zero-order chi connectivity index (χ0) is 15.2. The van der Waals surface area contributed by atoms with Gasteiger partial charge in [-0.25, -0.2) is 9.37 Å². The Morgan fingerprint density at radius 3 is 3.00 bits per heavy atom. The standard InChI is InChI=1S/C16H26FN3O/c1-12(2)18-9-13-8-14(17)10-19-16(13)21-11-15-6-4-5-7-20(15)3/h8,10,12,15,18H,4-7,9,11H2,1-3H3. The molecule has 1 aromatic heterocycles. The number of rotatable bonds is 6. The van der Waals surface area contributed by atoms with E-state index in [1.807, 2.05) is 0 Å². The molecule has 1 atom stereocenters. The summed E-state index contributed by atoms with van der Waals surface area (Å²) in [6.45, 7) is 6.42. The summed E-state index contributed by atoms with van der Waals surface area (Å²) in [4.78, 5) is 6.44. The van der Waals surface area contributed by atoms with E-state index in [-0.39, 0.29) is 5.82 Å². The number of hydrogen-bond donors (Lipinski definition) is 1. The number of likely N-dealkylation sites (N-methyl/N-ethyl adjacent to an activating group) is 1. The fraction of sp³-hybridized carbons (Fsp3) is 0.688. The molecule has 0 bridgehead atoms. The number of ether oxygens (including phenoxy) is 1. The van der Waals surface area contributed by atoms with Gasteiger partial charge in [-0.1, -0.05) is 20.3 Å². The third-order valence-electron chi connectivity index (χ3n) is 3.93. The maximum atomic E-state index is 13.4. The lowest BCUT2D eigenvalue weighted by molar-refractivity contribution is 0.122. The van der Waals surface area contributed by atoms with Gasteiger partial charge in [-0.05, 0) is 32.5 Å². The molecule has 1 aliphatic rings. The second kappa shape index (κ2) is 7.71. The molecule has 0 aliphatic carbocycles. The van der Waals surface area contributed by atoms with E-state index in [1.54, 1.807) is 0 Å². The molecule has 5 heteroatoms. The summed E-state index contributed by atoms with van der Waals surface area (Å²) in [5.41, 5.74) is 0.780. The predicted molar refractivity (Wildman–Crippen MR) is 81.9 cm³/mol. The van der Waals surface area contributed by atoms with Crippen molar-refractivity contribution in [1.29, 1.82) is 0 Å². The van der Waals surface area contributed by atoms with E-state index in [0.29, 0.717) is 31.1 Å². The number of halogens is 1. The first-order valence-electron chi connectivity index (χ1n) is 7.77. The van der Waals surface area contributed by atoms with Crippen LogP contribution in [0.2, 0.25) is 0 Å². The molecule has 0 spiro atoms. The highest BCUT2D eigenvalue weighted by Crippen LogP contribution is 2.20. The lowest BCUT2D eigenvalue weighted by Crippen LogP contribution is -2.40. The summed E-state index contributed by atoms with van der Waals surface area (Å²) in [7, 11) is 2.13. The summed E-state index contributed by atoms with van der Waals surface area (Å²) in [6.07, 6.45) is 4.87. The third kappa shape index (κ3) is 4.93. The smallest absolute Gasteiger partial charge is 0.218 e. The second-order valence-corrected chi connectivity index (χ2v) is 6.09. The van der Waals surface area contributed by atoms with Crippen LogP contribution in [-0.2, 0) is 6.54 Å². The van der Waals surface area contributed by atoms with Crippen LogP contribution < -0.4 is 10.1 Å². The molecular weight excluding hydrogens is 269 g/mol. The Morgan fingerprint density at radius 1 is 1.48 bits per heavy atom. The number of nitrogens with zero attached hydrogens (tertiary/aromatic N) is 2. The summed E-state index contributed by atoms with van der Waals surface area (Å²) in [5, 5.41) is 3.28. The molecule has 1 aromatic rings. The maximum Gasteiger partial charge on any atom is 0.218 e. The van der Waals surface area contributed by atoms with Gasteiger partial charge in [0.25, 0.3) is 0 Å². The lowest BCUT2D eigenvalue weighted by atomic mass is 10.0. The fourth-order valence-corrected chi connectivity index (χ4v) is 2.57. The van der Waals surface area contributed by atoms with Crippen LogP contribution in [0, 0.1) is 5.82 Å². The van der Waals surface area contributed by atoms with Crippen LogP contribution in [0.3, 0.4) is 0 Å². The van der Waals surface area contributed by atoms with Crippen molar-refractivity contribution < 1.29 is 9.13 Å². The van der Waals surface area contributed by atoms with Gasteiger partial charge >= 0.3 is 0 Å². The quantitative estimate of drug-likeness (QED) is 0.875. The van der Waals surface area contributed by atoms with Gasteiger partial charge < -0.3 is 15.0 Å². The topological polar surface area (TPSA) is 37.4 Å². The van der Waals surface area contributed by atoms with Crippen molar-refractivity contribution in [3.05, 3.63) is 23.6 Å². The van der Waals surface area contributed by atoms with E-state index >= 15 is 0 Å². The minimum absolute atomic E-state index is 0.322. The fourth-order valence-electron chi connectivity index (χ4n) is 2.57. The summed E-state index contributed by atoms with van der Waals surface area (Å²) >= 11 is 0. The van der Waals surface area contributed by atoms with Gasteiger partial charge in [0.2, 0.25) is 5.88 Å². The first kappa shape index (κ1) is 16.2. The number of hydrogen-bond acceptors (Lipinski definition) is 4. The Kier molecular flexibility index (Phi) is 5.94. The van der Waals surface area contributed by atoms with Crippen molar-refractivity contribution in [1.82, 2.24) is 15.2 Å². The van der Waals surface area contributed by atoms with Crippen LogP contribution in [0.5, 0.6) is 5.88 Å². The normalized spacial score (nSPS) is 20.0. The van der Waals surface area contributed by atoms with Crippen LogP contribution in [0.25, 0.3) is 0 Å². The van der Waals surface area contributed by atoms with Crippen molar-refractivity contribution >= 4 is 0 Å². The van der Waals surface area contributed by atoms with Crippen molar-refractivity contribution in [3.63, 3.8) is 0 Å². The molecule has 0 aromatic carbocycles. The first-order chi connectivity index (χ1) is 10.1. The monoisotopic (exact) mass is 295 g/mol. The second-order valence-electron chi connectivity index (χ2n) is 6.09. The lowest BCUT2D eigenvalue weighted by Gasteiger charge is -2.32. The molecule has 2 rings (SSSR count). The minimum Gasteiger partial charge on any atom is -0.476 e. The molecule has 2 heterocycles. The van der Waals surface area contributed by atoms with Crippen LogP contribution in [0.1, 0.15) is 38.7 Å². The third-order valence-corrected chi connectivity index (χ3v) is 3.93. The Labute approximate surface area is 126 Å². The number of likely N-dealkylation sites (tertiary alicyclic amines) is 1. The van der Waals surface area contributed by atoms with E-state index in [1.165, 1.54) is 25.1 Å². The van der Waals surface area contributed by atoms with E-state index in [0.717, 1.165) is 18.5 Å². The van der Waals surface area contributed by atoms with Crippen molar-refractivity contribution in [3.8, 4) is 5.88 Å². The van der Waals surface area contributed by atoms with Gasteiger partial charge in [0.1, 0.15) is 12.4 Å². The molecular formula is C16H26FN3O. The maximum absolute atomic E-state index is 13.4. The van der Waals surface area contributed by atoms with Gasteiger partial charge in [0.15, 0.2) is 0 Å². The predicted octanol–water partition coefficient (Wildman–Crippen LogP) is 2.58. The van der Waals surface area contributed by atoms with Gasteiger partial charge in [-0.2, -0.15) is 0 Å². The van der Waals surface area contributed by atoms with Crippen molar-refractivity contribution in [2.75, 3.05) is 20.2 Å². The Balaban J connectivity index is 1.97. The summed E-state index contributed by atoms with van der Waals surface area (Å²) in [6, 6.07) is 2.27. The molecule has 1 fully saturated rings. The number of aromatic nitrogens is 1. The molecule has 1 aliphatic heterocycles. The summed E-state index contributed by atoms with van der Waals surface area (Å²) in [5.74, 6) is 0.223. The highest BCUT2D eigenvalue weighted by atomic mass is 19.1. The van der Waals surface area contributed by atoms with Crippen LogP contribution in [0.4, 0.5) is 4.39 Å². The largest absolute Gasteiger partial charge is 0.476 e. The van der Waals surface area contributed by atoms with Crippen LogP contribution >= 0.6 is 0 Å². The van der Waals surface area contributed by atoms with Gasteiger partial charge in [-0.15, -0.1) is 0 Å². The molecule has 0 radical (unpaired) electrons. The van der Waals surface area contributed by atoms with Crippen molar-refractivity contribution in [2.24, 2.45) is 0 Å². The van der Waals surface area contributed by atoms with Gasteiger partial charge in [0, 0.05) is 24.2 Å². The zero-order valence-corrected chi connectivity index (χ0v) is 13.2. The number of nitrogens with one attached hydrogen (secondary N) is 1. The Bertz CT molecular complexity index is 453. The van der Waals surface area contributed by atoms with Gasteiger partial charge in [-0.3, -0.25) is 0 Å². The minimum atomic E-state index is -0.322. The molecule has 0 amide bonds. The molecule has 21 heavy (non-hydrogen) atoms. The number of piperidine rings is 1. The van der Waals surface area contributed by atoms with Crippen molar-refractivity contribution in [2.45, 2.75) is 51.7 Å². The highest BCUT2D eigenvalue weighted by molar-refractivity contribution is 5.26. The molecule has 4 nitrogen and oxygen atoms in total.